The van der Waals surface area contributed by atoms with Crippen LogP contribution in [0.3, 0.4) is 0 Å². The molecule has 128 valence electrons. The van der Waals surface area contributed by atoms with Crippen molar-refractivity contribution in [1.82, 2.24) is 25.1 Å². The number of carboxylic acid groups (broad SMARTS) is 1. The molecule has 0 saturated heterocycles. The zero-order valence-corrected chi connectivity index (χ0v) is 14.0. The second-order valence-corrected chi connectivity index (χ2v) is 5.74. The van der Waals surface area contributed by atoms with E-state index in [1.807, 2.05) is 44.2 Å². The summed E-state index contributed by atoms with van der Waals surface area (Å²) in [6.07, 6.45) is -0.101. The molecule has 0 fully saturated rings. The monoisotopic (exact) mass is 331 g/mol. The molecule has 0 aliphatic heterocycles. The third kappa shape index (κ3) is 4.15. The van der Waals surface area contributed by atoms with Gasteiger partial charge in [0.1, 0.15) is 6.04 Å². The highest BCUT2D eigenvalue weighted by Crippen LogP contribution is 2.15. The summed E-state index contributed by atoms with van der Waals surface area (Å²) in [6.45, 7) is 5.51. The Morgan fingerprint density at radius 2 is 1.88 bits per heavy atom. The lowest BCUT2D eigenvalue weighted by molar-refractivity contribution is -0.140. The lowest BCUT2D eigenvalue weighted by atomic mass is 10.2. The highest BCUT2D eigenvalue weighted by Gasteiger charge is 2.26. The van der Waals surface area contributed by atoms with Crippen molar-refractivity contribution >= 4 is 11.9 Å². The lowest BCUT2D eigenvalue weighted by Gasteiger charge is -2.28. The quantitative estimate of drug-likeness (QED) is 0.827. The Balaban J connectivity index is 2.14. The molecule has 0 bridgehead atoms. The van der Waals surface area contributed by atoms with Crippen LogP contribution in [0.25, 0.3) is 11.4 Å². The number of hydrogen-bond donors (Lipinski definition) is 1. The van der Waals surface area contributed by atoms with E-state index >= 15 is 0 Å². The van der Waals surface area contributed by atoms with Gasteiger partial charge < -0.3 is 10.0 Å². The average molecular weight is 331 g/mol. The molecular formula is C16H21N5O3. The van der Waals surface area contributed by atoms with E-state index in [0.717, 1.165) is 5.56 Å². The fourth-order valence-electron chi connectivity index (χ4n) is 2.27. The summed E-state index contributed by atoms with van der Waals surface area (Å²) in [5, 5.41) is 21.0. The predicted octanol–water partition coefficient (Wildman–Crippen LogP) is 1.61. The van der Waals surface area contributed by atoms with Gasteiger partial charge in [0.2, 0.25) is 11.7 Å². The van der Waals surface area contributed by atoms with Gasteiger partial charge in [0, 0.05) is 18.2 Å². The van der Waals surface area contributed by atoms with E-state index in [-0.39, 0.29) is 24.9 Å². The molecule has 0 aliphatic rings. The van der Waals surface area contributed by atoms with Gasteiger partial charge in [0.25, 0.3) is 0 Å². The summed E-state index contributed by atoms with van der Waals surface area (Å²) >= 11 is 0. The molecule has 1 aromatic heterocycles. The molecule has 1 N–H and O–H groups in total. The molecule has 8 nitrogen and oxygen atoms in total. The van der Waals surface area contributed by atoms with Crippen molar-refractivity contribution in [3.63, 3.8) is 0 Å². The van der Waals surface area contributed by atoms with Gasteiger partial charge >= 0.3 is 5.97 Å². The van der Waals surface area contributed by atoms with Gasteiger partial charge in [-0.15, -0.1) is 10.2 Å². The second-order valence-electron chi connectivity index (χ2n) is 5.74. The fraction of sp³-hybridized carbons (Fsp3) is 0.438. The Hall–Kier alpha value is -2.77. The number of hydrogen-bond acceptors (Lipinski definition) is 5. The minimum absolute atomic E-state index is 0.101. The maximum atomic E-state index is 12.6. The van der Waals surface area contributed by atoms with Gasteiger partial charge in [-0.25, -0.2) is 0 Å². The average Bonchev–Trinajstić information content (AvgIpc) is 3.04. The van der Waals surface area contributed by atoms with Crippen LogP contribution in [0.5, 0.6) is 0 Å². The molecule has 1 heterocycles. The van der Waals surface area contributed by atoms with Gasteiger partial charge in [0.05, 0.1) is 6.42 Å². The van der Waals surface area contributed by atoms with Crippen LogP contribution in [-0.2, 0) is 9.59 Å². The largest absolute Gasteiger partial charge is 0.481 e. The highest BCUT2D eigenvalue weighted by molar-refractivity contribution is 5.80. The minimum atomic E-state index is -0.939. The molecule has 0 radical (unpaired) electrons. The van der Waals surface area contributed by atoms with Gasteiger partial charge in [-0.3, -0.25) is 9.59 Å². The fourth-order valence-corrected chi connectivity index (χ4v) is 2.27. The maximum Gasteiger partial charge on any atom is 0.305 e. The van der Waals surface area contributed by atoms with Crippen LogP contribution >= 0.6 is 0 Å². The Labute approximate surface area is 140 Å². The number of aromatic nitrogens is 4. The molecule has 2 rings (SSSR count). The number of amides is 1. The number of carbonyl (C=O) groups is 2. The number of rotatable bonds is 7. The van der Waals surface area contributed by atoms with Crippen molar-refractivity contribution in [2.75, 3.05) is 6.54 Å². The van der Waals surface area contributed by atoms with E-state index in [9.17, 15) is 9.59 Å². The first-order valence-electron chi connectivity index (χ1n) is 7.77. The smallest absolute Gasteiger partial charge is 0.305 e. The summed E-state index contributed by atoms with van der Waals surface area (Å²) < 4.78 is 0. The van der Waals surface area contributed by atoms with Crippen LogP contribution in [0.15, 0.2) is 30.3 Å². The van der Waals surface area contributed by atoms with Gasteiger partial charge in [-0.05, 0) is 26.0 Å². The number of nitrogens with zero attached hydrogens (tertiary/aromatic N) is 5. The standard InChI is InChI=1S/C16H21N5O3/c1-11(2)20(10-9-14(22)23)16(24)12(3)21-18-15(17-19-21)13-7-5-4-6-8-13/h4-8,11-12H,9-10H2,1-3H3,(H,22,23). The third-order valence-corrected chi connectivity index (χ3v) is 3.64. The maximum absolute atomic E-state index is 12.6. The first-order valence-corrected chi connectivity index (χ1v) is 7.77. The molecule has 2 aromatic rings. The molecule has 0 saturated carbocycles. The first-order chi connectivity index (χ1) is 11.4. The van der Waals surface area contributed by atoms with Gasteiger partial charge in [0.15, 0.2) is 0 Å². The summed E-state index contributed by atoms with van der Waals surface area (Å²) in [6, 6.07) is 8.59. The zero-order chi connectivity index (χ0) is 17.7. The summed E-state index contributed by atoms with van der Waals surface area (Å²) in [4.78, 5) is 26.2. The second kappa shape index (κ2) is 7.67. The Morgan fingerprint density at radius 1 is 1.21 bits per heavy atom. The summed E-state index contributed by atoms with van der Waals surface area (Å²) in [5.74, 6) is -0.730. The molecule has 1 atom stereocenters. The van der Waals surface area contributed by atoms with Crippen molar-refractivity contribution in [2.45, 2.75) is 39.3 Å². The van der Waals surface area contributed by atoms with Crippen LogP contribution in [0, 0.1) is 0 Å². The van der Waals surface area contributed by atoms with E-state index in [2.05, 4.69) is 15.4 Å². The van der Waals surface area contributed by atoms with Gasteiger partial charge in [-0.2, -0.15) is 4.80 Å². The van der Waals surface area contributed by atoms with Crippen LogP contribution < -0.4 is 0 Å². The Kier molecular flexibility index (Phi) is 5.62. The van der Waals surface area contributed by atoms with E-state index in [1.54, 1.807) is 6.92 Å². The van der Waals surface area contributed by atoms with Crippen LogP contribution in [0.1, 0.15) is 33.2 Å². The predicted molar refractivity (Wildman–Crippen MR) is 87.1 cm³/mol. The molecular weight excluding hydrogens is 310 g/mol. The SMILES string of the molecule is CC(C)N(CCC(=O)O)C(=O)C(C)n1nnc(-c2ccccc2)n1. The van der Waals surface area contributed by atoms with E-state index in [1.165, 1.54) is 9.70 Å². The normalized spacial score (nSPS) is 12.2. The Bertz CT molecular complexity index is 699. The third-order valence-electron chi connectivity index (χ3n) is 3.64. The van der Waals surface area contributed by atoms with E-state index in [4.69, 9.17) is 5.11 Å². The molecule has 1 unspecified atom stereocenters. The lowest BCUT2D eigenvalue weighted by Crippen LogP contribution is -2.42. The van der Waals surface area contributed by atoms with E-state index in [0.29, 0.717) is 5.82 Å². The van der Waals surface area contributed by atoms with Crippen LogP contribution in [-0.4, -0.2) is 54.7 Å². The highest BCUT2D eigenvalue weighted by atomic mass is 16.4. The van der Waals surface area contributed by atoms with Crippen LogP contribution in [0.4, 0.5) is 0 Å². The number of carbonyl (C=O) groups excluding carboxylic acids is 1. The van der Waals surface area contributed by atoms with Crippen molar-refractivity contribution in [2.24, 2.45) is 0 Å². The molecule has 0 aliphatic carbocycles. The van der Waals surface area contributed by atoms with Crippen molar-refractivity contribution in [3.05, 3.63) is 30.3 Å². The number of tetrazole rings is 1. The Morgan fingerprint density at radius 3 is 2.46 bits per heavy atom. The van der Waals surface area contributed by atoms with Crippen molar-refractivity contribution in [1.29, 1.82) is 0 Å². The first kappa shape index (κ1) is 17.6. The van der Waals surface area contributed by atoms with Gasteiger partial charge in [-0.1, -0.05) is 30.3 Å². The molecule has 1 aromatic carbocycles. The van der Waals surface area contributed by atoms with Crippen molar-refractivity contribution in [3.8, 4) is 11.4 Å². The summed E-state index contributed by atoms with van der Waals surface area (Å²) in [7, 11) is 0. The van der Waals surface area contributed by atoms with E-state index < -0.39 is 12.0 Å². The molecule has 1 amide bonds. The number of aliphatic carboxylic acids is 1. The number of carboxylic acids is 1. The summed E-state index contributed by atoms with van der Waals surface area (Å²) in [5.41, 5.74) is 0.815. The van der Waals surface area contributed by atoms with Crippen molar-refractivity contribution < 1.29 is 14.7 Å². The molecule has 8 heteroatoms. The molecule has 24 heavy (non-hydrogen) atoms. The number of benzene rings is 1. The minimum Gasteiger partial charge on any atom is -0.481 e. The topological polar surface area (TPSA) is 101 Å². The van der Waals surface area contributed by atoms with Crippen LogP contribution in [0.2, 0.25) is 0 Å². The zero-order valence-electron chi connectivity index (χ0n) is 14.0. The molecule has 0 spiro atoms.